The van der Waals surface area contributed by atoms with Crippen molar-refractivity contribution in [1.82, 2.24) is 5.32 Å². The third-order valence-corrected chi connectivity index (χ3v) is 3.32. The van der Waals surface area contributed by atoms with Crippen molar-refractivity contribution in [3.63, 3.8) is 0 Å². The molecule has 0 spiro atoms. The van der Waals surface area contributed by atoms with Crippen molar-refractivity contribution in [3.8, 4) is 11.5 Å². The molecule has 1 aromatic carbocycles. The predicted molar refractivity (Wildman–Crippen MR) is 92.8 cm³/mol. The third kappa shape index (κ3) is 6.10. The lowest BCUT2D eigenvalue weighted by Gasteiger charge is -2.23. The molecule has 23 heavy (non-hydrogen) atoms. The van der Waals surface area contributed by atoms with E-state index in [0.29, 0.717) is 19.0 Å². The van der Waals surface area contributed by atoms with Crippen molar-refractivity contribution in [2.45, 2.75) is 59.0 Å². The quantitative estimate of drug-likeness (QED) is 0.732. The zero-order valence-corrected chi connectivity index (χ0v) is 14.9. The van der Waals surface area contributed by atoms with Crippen LogP contribution in [0.15, 0.2) is 18.2 Å². The molecule has 1 atom stereocenters. The van der Waals surface area contributed by atoms with Gasteiger partial charge in [-0.25, -0.2) is 0 Å². The van der Waals surface area contributed by atoms with Crippen molar-refractivity contribution in [3.05, 3.63) is 23.8 Å². The number of amides is 1. The summed E-state index contributed by atoms with van der Waals surface area (Å²) in [7, 11) is 0. The van der Waals surface area contributed by atoms with Crippen LogP contribution < -0.4 is 20.5 Å². The van der Waals surface area contributed by atoms with Crippen molar-refractivity contribution >= 4 is 5.91 Å². The molecule has 1 aromatic rings. The first-order valence-corrected chi connectivity index (χ1v) is 8.29. The van der Waals surface area contributed by atoms with Crippen LogP contribution in [0.5, 0.6) is 11.5 Å². The minimum Gasteiger partial charge on any atom is -0.490 e. The molecule has 130 valence electrons. The fraction of sp³-hybridized carbons (Fsp3) is 0.611. The largest absolute Gasteiger partial charge is 0.490 e. The van der Waals surface area contributed by atoms with Crippen LogP contribution in [0, 0.1) is 0 Å². The molecule has 0 bridgehead atoms. The minimum absolute atomic E-state index is 0.158. The van der Waals surface area contributed by atoms with Gasteiger partial charge in [-0.3, -0.25) is 4.79 Å². The average Bonchev–Trinajstić information content (AvgIpc) is 2.50. The SMILES string of the molecule is CCCOc1ccc(C(C)NC(=O)C(C)(C)N)cc1OCCC. The fourth-order valence-electron chi connectivity index (χ4n) is 1.92. The van der Waals surface area contributed by atoms with Crippen molar-refractivity contribution < 1.29 is 14.3 Å². The van der Waals surface area contributed by atoms with Crippen LogP contribution in [0.25, 0.3) is 0 Å². The Hall–Kier alpha value is -1.75. The first-order valence-electron chi connectivity index (χ1n) is 8.29. The van der Waals surface area contributed by atoms with Gasteiger partial charge < -0.3 is 20.5 Å². The first-order chi connectivity index (χ1) is 10.8. The maximum Gasteiger partial charge on any atom is 0.239 e. The topological polar surface area (TPSA) is 73.6 Å². The number of rotatable bonds is 9. The number of ether oxygens (including phenoxy) is 2. The summed E-state index contributed by atoms with van der Waals surface area (Å²) in [5.74, 6) is 1.26. The van der Waals surface area contributed by atoms with Crippen LogP contribution in [0.4, 0.5) is 0 Å². The maximum atomic E-state index is 12.0. The predicted octanol–water partition coefficient (Wildman–Crippen LogP) is 3.18. The van der Waals surface area contributed by atoms with E-state index < -0.39 is 5.54 Å². The van der Waals surface area contributed by atoms with Gasteiger partial charge in [-0.1, -0.05) is 19.9 Å². The highest BCUT2D eigenvalue weighted by Crippen LogP contribution is 2.31. The summed E-state index contributed by atoms with van der Waals surface area (Å²) in [6.45, 7) is 10.7. The standard InChI is InChI=1S/C18H30N2O3/c1-6-10-22-15-9-8-14(12-16(15)23-11-7-2)13(3)20-17(21)18(4,5)19/h8-9,12-13H,6-7,10-11,19H2,1-5H3,(H,20,21). The lowest BCUT2D eigenvalue weighted by molar-refractivity contribution is -0.125. The van der Waals surface area contributed by atoms with Gasteiger partial charge in [0.15, 0.2) is 11.5 Å². The second-order valence-corrected chi connectivity index (χ2v) is 6.32. The lowest BCUT2D eigenvalue weighted by Crippen LogP contribution is -2.49. The maximum absolute atomic E-state index is 12.0. The molecule has 1 unspecified atom stereocenters. The molecule has 0 aliphatic heterocycles. The highest BCUT2D eigenvalue weighted by molar-refractivity contribution is 5.85. The Morgan fingerprint density at radius 1 is 1.17 bits per heavy atom. The second-order valence-electron chi connectivity index (χ2n) is 6.32. The number of nitrogens with two attached hydrogens (primary N) is 1. The van der Waals surface area contributed by atoms with E-state index in [1.165, 1.54) is 0 Å². The number of nitrogens with one attached hydrogen (secondary N) is 1. The van der Waals surface area contributed by atoms with E-state index in [0.717, 1.165) is 24.2 Å². The zero-order valence-electron chi connectivity index (χ0n) is 14.9. The molecule has 0 aromatic heterocycles. The van der Waals surface area contributed by atoms with Gasteiger partial charge in [0.25, 0.3) is 0 Å². The Balaban J connectivity index is 2.91. The molecular weight excluding hydrogens is 292 g/mol. The highest BCUT2D eigenvalue weighted by Gasteiger charge is 2.24. The van der Waals surface area contributed by atoms with E-state index >= 15 is 0 Å². The Bertz CT molecular complexity index is 509. The molecule has 0 fully saturated rings. The molecule has 0 aliphatic rings. The lowest BCUT2D eigenvalue weighted by atomic mass is 10.0. The summed E-state index contributed by atoms with van der Waals surface area (Å²) >= 11 is 0. The van der Waals surface area contributed by atoms with E-state index in [1.54, 1.807) is 13.8 Å². The third-order valence-electron chi connectivity index (χ3n) is 3.32. The van der Waals surface area contributed by atoms with Crippen molar-refractivity contribution in [2.24, 2.45) is 5.73 Å². The molecule has 1 rings (SSSR count). The Labute approximate surface area is 139 Å². The number of carbonyl (C=O) groups excluding carboxylic acids is 1. The van der Waals surface area contributed by atoms with E-state index in [4.69, 9.17) is 15.2 Å². The van der Waals surface area contributed by atoms with Crippen molar-refractivity contribution in [1.29, 1.82) is 0 Å². The number of carbonyl (C=O) groups is 1. The fourth-order valence-corrected chi connectivity index (χ4v) is 1.92. The van der Waals surface area contributed by atoms with Gasteiger partial charge in [-0.2, -0.15) is 0 Å². The molecule has 5 nitrogen and oxygen atoms in total. The summed E-state index contributed by atoms with van der Waals surface area (Å²) in [6.07, 6.45) is 1.86. The molecule has 0 heterocycles. The molecular formula is C18H30N2O3. The summed E-state index contributed by atoms with van der Waals surface area (Å²) < 4.78 is 11.5. The Kier molecular flexibility index (Phi) is 7.36. The second kappa shape index (κ2) is 8.77. The van der Waals surface area contributed by atoms with Crippen LogP contribution >= 0.6 is 0 Å². The smallest absolute Gasteiger partial charge is 0.239 e. The molecule has 1 amide bonds. The number of hydrogen-bond acceptors (Lipinski definition) is 4. The van der Waals surface area contributed by atoms with Crippen molar-refractivity contribution in [2.75, 3.05) is 13.2 Å². The van der Waals surface area contributed by atoms with Gasteiger partial charge >= 0.3 is 0 Å². The number of hydrogen-bond donors (Lipinski definition) is 2. The minimum atomic E-state index is -0.903. The Morgan fingerprint density at radius 2 is 1.74 bits per heavy atom. The normalized spacial score (nSPS) is 12.6. The van der Waals surface area contributed by atoms with Gasteiger partial charge in [0, 0.05) is 0 Å². The highest BCUT2D eigenvalue weighted by atomic mass is 16.5. The molecule has 5 heteroatoms. The van der Waals surface area contributed by atoms with E-state index in [-0.39, 0.29) is 11.9 Å². The van der Waals surface area contributed by atoms with E-state index in [2.05, 4.69) is 19.2 Å². The van der Waals surface area contributed by atoms with E-state index in [1.807, 2.05) is 25.1 Å². The molecule has 0 saturated carbocycles. The Morgan fingerprint density at radius 3 is 2.26 bits per heavy atom. The van der Waals surface area contributed by atoms with Gasteiger partial charge in [0.2, 0.25) is 5.91 Å². The van der Waals surface area contributed by atoms with Crippen LogP contribution in [0.1, 0.15) is 59.1 Å². The monoisotopic (exact) mass is 322 g/mol. The first kappa shape index (κ1) is 19.3. The summed E-state index contributed by atoms with van der Waals surface area (Å²) in [5, 5.41) is 2.92. The average molecular weight is 322 g/mol. The van der Waals surface area contributed by atoms with Gasteiger partial charge in [-0.15, -0.1) is 0 Å². The number of benzene rings is 1. The van der Waals surface area contributed by atoms with E-state index in [9.17, 15) is 4.79 Å². The molecule has 3 N–H and O–H groups in total. The molecule has 0 radical (unpaired) electrons. The van der Waals surface area contributed by atoms with Gasteiger partial charge in [0.1, 0.15) is 0 Å². The zero-order chi connectivity index (χ0) is 17.5. The van der Waals surface area contributed by atoms with Crippen LogP contribution in [-0.2, 0) is 4.79 Å². The summed E-state index contributed by atoms with van der Waals surface area (Å²) in [6, 6.07) is 5.61. The van der Waals surface area contributed by atoms with Crippen LogP contribution in [0.2, 0.25) is 0 Å². The van der Waals surface area contributed by atoms with Crippen LogP contribution in [0.3, 0.4) is 0 Å². The van der Waals surface area contributed by atoms with Gasteiger partial charge in [0.05, 0.1) is 24.8 Å². The molecule has 0 aliphatic carbocycles. The van der Waals surface area contributed by atoms with Crippen LogP contribution in [-0.4, -0.2) is 24.7 Å². The summed E-state index contributed by atoms with van der Waals surface area (Å²) in [5.41, 5.74) is 5.88. The molecule has 0 saturated heterocycles. The van der Waals surface area contributed by atoms with Gasteiger partial charge in [-0.05, 0) is 51.3 Å². The summed E-state index contributed by atoms with van der Waals surface area (Å²) in [4.78, 5) is 12.0.